The minimum atomic E-state index is 0.251. The van der Waals surface area contributed by atoms with E-state index in [-0.39, 0.29) is 5.91 Å². The highest BCUT2D eigenvalue weighted by atomic mass is 16.2. The third-order valence-corrected chi connectivity index (χ3v) is 3.11. The maximum atomic E-state index is 11.3. The first-order valence-electron chi connectivity index (χ1n) is 5.68. The van der Waals surface area contributed by atoms with Crippen molar-refractivity contribution in [3.8, 4) is 0 Å². The van der Waals surface area contributed by atoms with Gasteiger partial charge in [-0.3, -0.25) is 4.79 Å². The minimum Gasteiger partial charge on any atom is -0.312 e. The largest absolute Gasteiger partial charge is 0.312 e. The number of nitrogens with zero attached hydrogens (tertiary/aromatic N) is 1. The summed E-state index contributed by atoms with van der Waals surface area (Å²) < 4.78 is 0. The van der Waals surface area contributed by atoms with Crippen molar-refractivity contribution in [3.63, 3.8) is 0 Å². The standard InChI is InChI=1S/C13H17NO/c1-3-10-5-6-12(9-11(10)4-2)14-8-7-13(14)15/h5-6,9H,3-4,7-8H2,1-2H3. The molecule has 1 aliphatic heterocycles. The molecule has 1 aromatic carbocycles. The Kier molecular flexibility index (Phi) is 2.76. The average molecular weight is 203 g/mol. The molecule has 80 valence electrons. The highest BCUT2D eigenvalue weighted by Crippen LogP contribution is 2.25. The first-order valence-corrected chi connectivity index (χ1v) is 5.68. The van der Waals surface area contributed by atoms with Gasteiger partial charge in [-0.15, -0.1) is 0 Å². The normalized spacial score (nSPS) is 15.3. The molecule has 15 heavy (non-hydrogen) atoms. The monoisotopic (exact) mass is 203 g/mol. The minimum absolute atomic E-state index is 0.251. The zero-order valence-corrected chi connectivity index (χ0v) is 9.42. The van der Waals surface area contributed by atoms with E-state index in [1.54, 1.807) is 0 Å². The lowest BCUT2D eigenvalue weighted by Crippen LogP contribution is -2.43. The summed E-state index contributed by atoms with van der Waals surface area (Å²) in [6.07, 6.45) is 2.81. The van der Waals surface area contributed by atoms with Crippen LogP contribution in [-0.4, -0.2) is 12.5 Å². The molecule has 1 amide bonds. The second-order valence-electron chi connectivity index (χ2n) is 3.96. The zero-order chi connectivity index (χ0) is 10.8. The van der Waals surface area contributed by atoms with E-state index in [1.807, 2.05) is 4.90 Å². The van der Waals surface area contributed by atoms with Crippen molar-refractivity contribution in [3.05, 3.63) is 29.3 Å². The van der Waals surface area contributed by atoms with Crippen molar-refractivity contribution in [2.45, 2.75) is 33.1 Å². The van der Waals surface area contributed by atoms with Crippen LogP contribution in [0.25, 0.3) is 0 Å². The topological polar surface area (TPSA) is 20.3 Å². The Bertz CT molecular complexity index is 384. The van der Waals surface area contributed by atoms with Gasteiger partial charge < -0.3 is 4.90 Å². The lowest BCUT2D eigenvalue weighted by Gasteiger charge is -2.31. The van der Waals surface area contributed by atoms with E-state index in [0.29, 0.717) is 6.42 Å². The third kappa shape index (κ3) is 1.76. The summed E-state index contributed by atoms with van der Waals surface area (Å²) in [5.41, 5.74) is 3.84. The van der Waals surface area contributed by atoms with Gasteiger partial charge in [-0.25, -0.2) is 0 Å². The summed E-state index contributed by atoms with van der Waals surface area (Å²) in [7, 11) is 0. The van der Waals surface area contributed by atoms with Gasteiger partial charge in [-0.1, -0.05) is 19.9 Å². The van der Waals surface area contributed by atoms with Crippen LogP contribution >= 0.6 is 0 Å². The molecule has 0 spiro atoms. The van der Waals surface area contributed by atoms with Crippen LogP contribution in [0.3, 0.4) is 0 Å². The van der Waals surface area contributed by atoms with Crippen LogP contribution in [0.1, 0.15) is 31.4 Å². The lowest BCUT2D eigenvalue weighted by molar-refractivity contribution is -0.122. The van der Waals surface area contributed by atoms with Crippen molar-refractivity contribution in [1.29, 1.82) is 0 Å². The van der Waals surface area contributed by atoms with Gasteiger partial charge in [0, 0.05) is 18.7 Å². The average Bonchev–Trinajstić information content (AvgIpc) is 2.26. The van der Waals surface area contributed by atoms with E-state index < -0.39 is 0 Å². The van der Waals surface area contributed by atoms with Crippen molar-refractivity contribution in [1.82, 2.24) is 0 Å². The number of carbonyl (C=O) groups is 1. The van der Waals surface area contributed by atoms with E-state index in [0.717, 1.165) is 25.1 Å². The number of benzene rings is 1. The van der Waals surface area contributed by atoms with E-state index in [4.69, 9.17) is 0 Å². The summed E-state index contributed by atoms with van der Waals surface area (Å²) >= 11 is 0. The third-order valence-electron chi connectivity index (χ3n) is 3.11. The first-order chi connectivity index (χ1) is 7.26. The van der Waals surface area contributed by atoms with Crippen molar-refractivity contribution in [2.24, 2.45) is 0 Å². The number of hydrogen-bond acceptors (Lipinski definition) is 1. The SMILES string of the molecule is CCc1ccc(N2CCC2=O)cc1CC. The van der Waals surface area contributed by atoms with E-state index in [1.165, 1.54) is 11.1 Å². The molecule has 0 saturated carbocycles. The molecule has 0 N–H and O–H groups in total. The number of aryl methyl sites for hydroxylation is 2. The molecule has 1 aliphatic rings. The Hall–Kier alpha value is -1.31. The second kappa shape index (κ2) is 4.05. The molecule has 2 nitrogen and oxygen atoms in total. The second-order valence-corrected chi connectivity index (χ2v) is 3.96. The molecule has 0 radical (unpaired) electrons. The Balaban J connectivity index is 2.30. The van der Waals surface area contributed by atoms with Crippen molar-refractivity contribution >= 4 is 11.6 Å². The van der Waals surface area contributed by atoms with E-state index in [2.05, 4.69) is 32.0 Å². The fraction of sp³-hybridized carbons (Fsp3) is 0.462. The maximum absolute atomic E-state index is 11.3. The number of rotatable bonds is 3. The van der Waals surface area contributed by atoms with Gasteiger partial charge in [0.2, 0.25) is 5.91 Å². The number of β-lactam (4-membered cyclic amide) rings is 1. The molecule has 0 aromatic heterocycles. The number of hydrogen-bond donors (Lipinski definition) is 0. The van der Waals surface area contributed by atoms with Crippen LogP contribution in [-0.2, 0) is 17.6 Å². The van der Waals surface area contributed by atoms with E-state index >= 15 is 0 Å². The molecule has 1 heterocycles. The molecule has 2 heteroatoms. The Morgan fingerprint density at radius 2 is 1.93 bits per heavy atom. The number of carbonyl (C=O) groups excluding carboxylic acids is 1. The molecule has 0 atom stereocenters. The molecule has 1 aromatic rings. The highest BCUT2D eigenvalue weighted by Gasteiger charge is 2.25. The highest BCUT2D eigenvalue weighted by molar-refractivity contribution is 5.99. The van der Waals surface area contributed by atoms with Crippen LogP contribution in [0, 0.1) is 0 Å². The summed E-state index contributed by atoms with van der Waals surface area (Å²) in [6, 6.07) is 6.38. The van der Waals surface area contributed by atoms with Gasteiger partial charge in [0.15, 0.2) is 0 Å². The van der Waals surface area contributed by atoms with Crippen LogP contribution in [0.2, 0.25) is 0 Å². The van der Waals surface area contributed by atoms with Gasteiger partial charge in [-0.2, -0.15) is 0 Å². The summed E-state index contributed by atoms with van der Waals surface area (Å²) in [5, 5.41) is 0. The van der Waals surface area contributed by atoms with Crippen LogP contribution in [0.4, 0.5) is 5.69 Å². The van der Waals surface area contributed by atoms with Crippen molar-refractivity contribution < 1.29 is 4.79 Å². The predicted octanol–water partition coefficient (Wildman–Crippen LogP) is 2.55. The Morgan fingerprint density at radius 1 is 1.20 bits per heavy atom. The Labute approximate surface area is 90.9 Å². The Morgan fingerprint density at radius 3 is 2.40 bits per heavy atom. The van der Waals surface area contributed by atoms with Gasteiger partial charge in [0.1, 0.15) is 0 Å². The summed E-state index contributed by atoms with van der Waals surface area (Å²) in [4.78, 5) is 13.2. The van der Waals surface area contributed by atoms with Crippen molar-refractivity contribution in [2.75, 3.05) is 11.4 Å². The zero-order valence-electron chi connectivity index (χ0n) is 9.42. The van der Waals surface area contributed by atoms with E-state index in [9.17, 15) is 4.79 Å². The fourth-order valence-corrected chi connectivity index (χ4v) is 2.04. The smallest absolute Gasteiger partial charge is 0.228 e. The molecule has 0 aliphatic carbocycles. The van der Waals surface area contributed by atoms with Crippen LogP contribution < -0.4 is 4.90 Å². The quantitative estimate of drug-likeness (QED) is 0.691. The fourth-order valence-electron chi connectivity index (χ4n) is 2.04. The van der Waals surface area contributed by atoms with Gasteiger partial charge in [-0.05, 0) is 36.1 Å². The molecule has 1 fully saturated rings. The van der Waals surface area contributed by atoms with Gasteiger partial charge in [0.05, 0.1) is 0 Å². The molecule has 0 bridgehead atoms. The molecule has 1 saturated heterocycles. The van der Waals surface area contributed by atoms with Gasteiger partial charge >= 0.3 is 0 Å². The molecular weight excluding hydrogens is 186 g/mol. The lowest BCUT2D eigenvalue weighted by atomic mass is 10.0. The molecule has 0 unspecified atom stereocenters. The molecular formula is C13H17NO. The first kappa shape index (κ1) is 10.2. The van der Waals surface area contributed by atoms with Gasteiger partial charge in [0.25, 0.3) is 0 Å². The number of amides is 1. The summed E-state index contributed by atoms with van der Waals surface area (Å²) in [6.45, 7) is 5.21. The maximum Gasteiger partial charge on any atom is 0.228 e. The van der Waals surface area contributed by atoms with Crippen LogP contribution in [0.15, 0.2) is 18.2 Å². The molecule has 2 rings (SSSR count). The van der Waals surface area contributed by atoms with Crippen LogP contribution in [0.5, 0.6) is 0 Å². The summed E-state index contributed by atoms with van der Waals surface area (Å²) in [5.74, 6) is 0.251. The predicted molar refractivity (Wildman–Crippen MR) is 62.2 cm³/mol. The number of anilines is 1.